The minimum Gasteiger partial charge on any atom is -0.393 e. The molecule has 3 heteroatoms. The second-order valence-electron chi connectivity index (χ2n) is 5.94. The second-order valence-corrected chi connectivity index (χ2v) is 5.94. The lowest BCUT2D eigenvalue weighted by Gasteiger charge is -2.05. The molecule has 0 spiro atoms. The Kier molecular flexibility index (Phi) is 14.9. The van der Waals surface area contributed by atoms with Crippen LogP contribution in [0.25, 0.3) is 0 Å². The molecule has 0 heterocycles. The molecule has 0 unspecified atom stereocenters. The summed E-state index contributed by atoms with van der Waals surface area (Å²) in [6.07, 6.45) is 18.6. The third-order valence-corrected chi connectivity index (χ3v) is 3.84. The van der Waals surface area contributed by atoms with Gasteiger partial charge in [-0.3, -0.25) is 4.79 Å². The molecule has 0 aliphatic carbocycles. The molecular formula is C18H35NO2. The van der Waals surface area contributed by atoms with E-state index in [1.165, 1.54) is 44.9 Å². The predicted molar refractivity (Wildman–Crippen MR) is 90.0 cm³/mol. The topological polar surface area (TPSA) is 63.3 Å². The zero-order chi connectivity index (χ0) is 15.8. The number of hydrogen-bond acceptors (Lipinski definition) is 2. The van der Waals surface area contributed by atoms with E-state index in [0.717, 1.165) is 32.1 Å². The van der Waals surface area contributed by atoms with Gasteiger partial charge in [-0.1, -0.05) is 51.2 Å². The lowest BCUT2D eigenvalue weighted by Crippen LogP contribution is -2.09. The van der Waals surface area contributed by atoms with E-state index < -0.39 is 0 Å². The summed E-state index contributed by atoms with van der Waals surface area (Å²) in [4.78, 5) is 10.5. The zero-order valence-corrected chi connectivity index (χ0v) is 13.9. The fraction of sp³-hybridized carbons (Fsp3) is 0.833. The van der Waals surface area contributed by atoms with Crippen LogP contribution in [0.1, 0.15) is 90.4 Å². The van der Waals surface area contributed by atoms with Crippen molar-refractivity contribution in [3.8, 4) is 0 Å². The maximum atomic E-state index is 10.5. The molecule has 0 bridgehead atoms. The summed E-state index contributed by atoms with van der Waals surface area (Å²) in [5.74, 6) is -0.179. The van der Waals surface area contributed by atoms with E-state index in [2.05, 4.69) is 12.2 Å². The van der Waals surface area contributed by atoms with E-state index in [1.807, 2.05) is 6.92 Å². The van der Waals surface area contributed by atoms with E-state index in [-0.39, 0.29) is 12.0 Å². The molecule has 0 saturated carbocycles. The van der Waals surface area contributed by atoms with Crippen molar-refractivity contribution in [3.63, 3.8) is 0 Å². The monoisotopic (exact) mass is 297 g/mol. The van der Waals surface area contributed by atoms with Gasteiger partial charge in [0, 0.05) is 6.42 Å². The number of primary amides is 1. The minimum absolute atomic E-state index is 0.0940. The van der Waals surface area contributed by atoms with Crippen molar-refractivity contribution in [1.82, 2.24) is 0 Å². The van der Waals surface area contributed by atoms with Gasteiger partial charge in [0.2, 0.25) is 5.91 Å². The van der Waals surface area contributed by atoms with Crippen LogP contribution in [0.15, 0.2) is 12.2 Å². The molecule has 0 aromatic heterocycles. The Morgan fingerprint density at radius 3 is 2.05 bits per heavy atom. The molecule has 0 aliphatic rings. The van der Waals surface area contributed by atoms with Crippen LogP contribution >= 0.6 is 0 Å². The van der Waals surface area contributed by atoms with Crippen molar-refractivity contribution in [3.05, 3.63) is 12.2 Å². The Balaban J connectivity index is 3.14. The van der Waals surface area contributed by atoms with Crippen LogP contribution in [0.4, 0.5) is 0 Å². The molecule has 0 radical (unpaired) electrons. The number of nitrogens with two attached hydrogens (primary N) is 1. The molecule has 0 aliphatic heterocycles. The molecule has 3 N–H and O–H groups in total. The molecule has 0 saturated heterocycles. The van der Waals surface area contributed by atoms with Crippen LogP contribution in [0.5, 0.6) is 0 Å². The van der Waals surface area contributed by atoms with Gasteiger partial charge in [-0.15, -0.1) is 0 Å². The highest BCUT2D eigenvalue weighted by Crippen LogP contribution is 2.10. The van der Waals surface area contributed by atoms with E-state index in [4.69, 9.17) is 5.73 Å². The van der Waals surface area contributed by atoms with Crippen molar-refractivity contribution in [2.45, 2.75) is 96.5 Å². The van der Waals surface area contributed by atoms with Crippen molar-refractivity contribution < 1.29 is 9.90 Å². The van der Waals surface area contributed by atoms with Gasteiger partial charge in [0.15, 0.2) is 0 Å². The highest BCUT2D eigenvalue weighted by molar-refractivity contribution is 5.73. The number of hydrogen-bond donors (Lipinski definition) is 2. The molecule has 1 atom stereocenters. The number of unbranched alkanes of at least 4 members (excludes halogenated alkanes) is 8. The maximum absolute atomic E-state index is 10.5. The fourth-order valence-corrected chi connectivity index (χ4v) is 2.35. The average Bonchev–Trinajstić information content (AvgIpc) is 2.46. The van der Waals surface area contributed by atoms with Crippen LogP contribution in [-0.2, 0) is 4.79 Å². The zero-order valence-electron chi connectivity index (χ0n) is 13.9. The molecule has 3 nitrogen and oxygen atoms in total. The van der Waals surface area contributed by atoms with E-state index in [9.17, 15) is 9.90 Å². The second kappa shape index (κ2) is 15.6. The van der Waals surface area contributed by atoms with Crippen LogP contribution in [0, 0.1) is 0 Å². The fourth-order valence-electron chi connectivity index (χ4n) is 2.35. The molecule has 0 aromatic carbocycles. The number of carbonyl (C=O) groups excluding carboxylic acids is 1. The van der Waals surface area contributed by atoms with E-state index in [0.29, 0.717) is 6.42 Å². The smallest absolute Gasteiger partial charge is 0.217 e. The van der Waals surface area contributed by atoms with Gasteiger partial charge in [-0.2, -0.15) is 0 Å². The number of amides is 1. The lowest BCUT2D eigenvalue weighted by atomic mass is 10.1. The Hall–Kier alpha value is -0.830. The molecule has 21 heavy (non-hydrogen) atoms. The summed E-state index contributed by atoms with van der Waals surface area (Å²) >= 11 is 0. The van der Waals surface area contributed by atoms with Crippen LogP contribution in [-0.4, -0.2) is 17.1 Å². The summed E-state index contributed by atoms with van der Waals surface area (Å²) < 4.78 is 0. The third kappa shape index (κ3) is 17.1. The summed E-state index contributed by atoms with van der Waals surface area (Å²) in [5.41, 5.74) is 5.09. The molecule has 0 rings (SSSR count). The van der Waals surface area contributed by atoms with Crippen LogP contribution < -0.4 is 5.73 Å². The Bertz CT molecular complexity index is 264. The van der Waals surface area contributed by atoms with Crippen LogP contribution in [0.3, 0.4) is 0 Å². The van der Waals surface area contributed by atoms with Crippen molar-refractivity contribution >= 4 is 5.91 Å². The average molecular weight is 297 g/mol. The number of carbonyl (C=O) groups is 1. The Labute approximate surface area is 131 Å². The van der Waals surface area contributed by atoms with E-state index in [1.54, 1.807) is 0 Å². The lowest BCUT2D eigenvalue weighted by molar-refractivity contribution is -0.118. The summed E-state index contributed by atoms with van der Waals surface area (Å²) in [7, 11) is 0. The quantitative estimate of drug-likeness (QED) is 0.346. The number of rotatable bonds is 15. The van der Waals surface area contributed by atoms with Gasteiger partial charge < -0.3 is 10.8 Å². The van der Waals surface area contributed by atoms with Gasteiger partial charge in [0.1, 0.15) is 0 Å². The number of aliphatic hydroxyl groups is 1. The Morgan fingerprint density at radius 1 is 0.952 bits per heavy atom. The van der Waals surface area contributed by atoms with Gasteiger partial charge >= 0.3 is 0 Å². The first-order chi connectivity index (χ1) is 10.2. The minimum atomic E-state index is -0.179. The first kappa shape index (κ1) is 20.2. The third-order valence-electron chi connectivity index (χ3n) is 3.84. The Morgan fingerprint density at radius 2 is 1.48 bits per heavy atom. The largest absolute Gasteiger partial charge is 0.393 e. The molecule has 0 fully saturated rings. The van der Waals surface area contributed by atoms with Gasteiger partial charge in [0.05, 0.1) is 6.10 Å². The normalized spacial score (nSPS) is 12.9. The summed E-state index contributed by atoms with van der Waals surface area (Å²) in [6, 6.07) is 0. The van der Waals surface area contributed by atoms with Crippen molar-refractivity contribution in [2.24, 2.45) is 5.73 Å². The number of aliphatic hydroxyl groups excluding tert-OH is 1. The van der Waals surface area contributed by atoms with Gasteiger partial charge in [-0.05, 0) is 44.9 Å². The molecular weight excluding hydrogens is 262 g/mol. The van der Waals surface area contributed by atoms with Crippen molar-refractivity contribution in [2.75, 3.05) is 0 Å². The van der Waals surface area contributed by atoms with Crippen molar-refractivity contribution in [1.29, 1.82) is 0 Å². The maximum Gasteiger partial charge on any atom is 0.217 e. The van der Waals surface area contributed by atoms with Gasteiger partial charge in [-0.25, -0.2) is 0 Å². The highest BCUT2D eigenvalue weighted by atomic mass is 16.3. The standard InChI is InChI=1S/C18H35NO2/c1-2-17(20)15-13-11-9-7-5-3-4-6-8-10-12-14-16-18(19)21/h3,5,17,20H,2,4,6-16H2,1H3,(H2,19,21)/b5-3-/t17-/m1/s1. The molecule has 124 valence electrons. The molecule has 0 aromatic rings. The predicted octanol–water partition coefficient (Wildman–Crippen LogP) is 4.48. The molecule has 1 amide bonds. The number of allylic oxidation sites excluding steroid dienone is 2. The SMILES string of the molecule is CC[C@@H](O)CCCCC/C=C\CCCCCCCC(N)=O. The first-order valence-electron chi connectivity index (χ1n) is 8.78. The first-order valence-corrected chi connectivity index (χ1v) is 8.78. The van der Waals surface area contributed by atoms with E-state index >= 15 is 0 Å². The van der Waals surface area contributed by atoms with Gasteiger partial charge in [0.25, 0.3) is 0 Å². The highest BCUT2D eigenvalue weighted by Gasteiger charge is 1.98. The summed E-state index contributed by atoms with van der Waals surface area (Å²) in [5, 5.41) is 9.43. The summed E-state index contributed by atoms with van der Waals surface area (Å²) in [6.45, 7) is 2.03. The van der Waals surface area contributed by atoms with Crippen LogP contribution in [0.2, 0.25) is 0 Å².